The summed E-state index contributed by atoms with van der Waals surface area (Å²) in [5.74, 6) is 0. The molecule has 2 N–H and O–H groups in total. The second-order valence-electron chi connectivity index (χ2n) is 9.24. The molecule has 7 nitrogen and oxygen atoms in total. The van der Waals surface area contributed by atoms with Gasteiger partial charge in [-0.25, -0.2) is 9.59 Å². The molecule has 0 radical (unpaired) electrons. The minimum absolute atomic E-state index is 0.252. The fourth-order valence-corrected chi connectivity index (χ4v) is 3.49. The van der Waals surface area contributed by atoms with Crippen LogP contribution >= 0.6 is 11.6 Å². The number of hydrogen-bond acceptors (Lipinski definition) is 4. The van der Waals surface area contributed by atoms with Gasteiger partial charge in [0.15, 0.2) is 0 Å². The topological polar surface area (TPSA) is 79.9 Å². The maximum absolute atomic E-state index is 12.7. The molecule has 1 aliphatic rings. The molecule has 3 amide bonds. The van der Waals surface area contributed by atoms with E-state index in [9.17, 15) is 9.59 Å². The maximum atomic E-state index is 12.7. The van der Waals surface area contributed by atoms with Crippen molar-refractivity contribution in [1.82, 2.24) is 4.90 Å². The highest BCUT2D eigenvalue weighted by atomic mass is 35.5. The first-order valence-corrected chi connectivity index (χ1v) is 11.1. The normalized spacial score (nSPS) is 17.8. The first-order chi connectivity index (χ1) is 15.4. The first kappa shape index (κ1) is 24.6. The largest absolute Gasteiger partial charge is 0.444 e. The number of urea groups is 1. The zero-order chi connectivity index (χ0) is 24.2. The van der Waals surface area contributed by atoms with E-state index in [4.69, 9.17) is 21.1 Å². The van der Waals surface area contributed by atoms with Crippen molar-refractivity contribution >= 4 is 41.2 Å². The molecular formula is C25H30ClN3O4. The molecule has 0 unspecified atom stereocenters. The molecule has 1 heterocycles. The van der Waals surface area contributed by atoms with Crippen LogP contribution in [0.3, 0.4) is 0 Å². The summed E-state index contributed by atoms with van der Waals surface area (Å²) in [6.45, 7) is 9.59. The van der Waals surface area contributed by atoms with Crippen molar-refractivity contribution in [3.8, 4) is 0 Å². The maximum Gasteiger partial charge on any atom is 0.413 e. The van der Waals surface area contributed by atoms with Crippen LogP contribution in [0.2, 0.25) is 5.02 Å². The first-order valence-electron chi connectivity index (χ1n) is 10.7. The van der Waals surface area contributed by atoms with Crippen LogP contribution in [0.25, 0.3) is 6.08 Å². The number of nitrogens with zero attached hydrogens (tertiary/aromatic N) is 1. The number of carbonyl (C=O) groups excluding carboxylic acids is 2. The molecule has 2 aromatic rings. The predicted octanol–water partition coefficient (Wildman–Crippen LogP) is 6.37. The van der Waals surface area contributed by atoms with Gasteiger partial charge in [0, 0.05) is 16.4 Å². The summed E-state index contributed by atoms with van der Waals surface area (Å²) in [7, 11) is 0. The van der Waals surface area contributed by atoms with Gasteiger partial charge in [0.25, 0.3) is 0 Å². The molecule has 0 aromatic heterocycles. The van der Waals surface area contributed by atoms with Gasteiger partial charge in [0.05, 0.1) is 12.6 Å². The Morgan fingerprint density at radius 2 is 1.61 bits per heavy atom. The number of rotatable bonds is 4. The van der Waals surface area contributed by atoms with E-state index >= 15 is 0 Å². The highest BCUT2D eigenvalue weighted by molar-refractivity contribution is 6.30. The second-order valence-corrected chi connectivity index (χ2v) is 9.68. The number of benzene rings is 2. The minimum atomic E-state index is -0.761. The summed E-state index contributed by atoms with van der Waals surface area (Å²) in [6, 6.07) is 13.6. The number of amides is 3. The summed E-state index contributed by atoms with van der Waals surface area (Å²) in [4.78, 5) is 26.5. The van der Waals surface area contributed by atoms with Crippen molar-refractivity contribution in [2.24, 2.45) is 0 Å². The van der Waals surface area contributed by atoms with Gasteiger partial charge >= 0.3 is 12.1 Å². The number of anilines is 2. The Morgan fingerprint density at radius 1 is 1.06 bits per heavy atom. The van der Waals surface area contributed by atoms with Gasteiger partial charge in [-0.2, -0.15) is 0 Å². The SMILES string of the molecule is CC(C)(C)OC(=O)N1[C@@H](C=Cc2ccc(NC(=O)Nc3ccc(Cl)cc3)cc2)COC1(C)C. The van der Waals surface area contributed by atoms with Gasteiger partial charge in [-0.1, -0.05) is 35.9 Å². The Balaban J connectivity index is 1.61. The van der Waals surface area contributed by atoms with Crippen molar-refractivity contribution in [1.29, 1.82) is 0 Å². The fraction of sp³-hybridized carbons (Fsp3) is 0.360. The van der Waals surface area contributed by atoms with Gasteiger partial charge in [-0.3, -0.25) is 4.90 Å². The van der Waals surface area contributed by atoms with Crippen molar-refractivity contribution < 1.29 is 19.1 Å². The molecule has 0 spiro atoms. The number of ether oxygens (including phenoxy) is 2. The number of hydrogen-bond donors (Lipinski definition) is 2. The van der Waals surface area contributed by atoms with Gasteiger partial charge in [0.1, 0.15) is 11.3 Å². The van der Waals surface area contributed by atoms with E-state index < -0.39 is 17.4 Å². The predicted molar refractivity (Wildman–Crippen MR) is 131 cm³/mol. The van der Waals surface area contributed by atoms with Gasteiger partial charge in [0.2, 0.25) is 0 Å². The van der Waals surface area contributed by atoms with Crippen LogP contribution in [-0.4, -0.2) is 41.0 Å². The lowest BCUT2D eigenvalue weighted by atomic mass is 10.1. The molecule has 176 valence electrons. The Hall–Kier alpha value is -3.03. The minimum Gasteiger partial charge on any atom is -0.444 e. The van der Waals surface area contributed by atoms with Crippen LogP contribution in [0.1, 0.15) is 40.2 Å². The van der Waals surface area contributed by atoms with Crippen LogP contribution in [0.4, 0.5) is 21.0 Å². The van der Waals surface area contributed by atoms with Gasteiger partial charge in [-0.05, 0) is 76.6 Å². The molecule has 1 fully saturated rings. The molecule has 1 saturated heterocycles. The van der Waals surface area contributed by atoms with Crippen LogP contribution in [-0.2, 0) is 9.47 Å². The standard InChI is InChI=1S/C25H30ClN3O4/c1-24(2,3)33-23(31)29-21(16-32-25(29,4)5)15-8-17-6-11-19(12-7-17)27-22(30)28-20-13-9-18(26)10-14-20/h6-15,21H,16H2,1-5H3,(H2,27,28,30)/t21-/m0/s1. The molecule has 1 aliphatic heterocycles. The van der Waals surface area contributed by atoms with E-state index in [0.717, 1.165) is 5.56 Å². The van der Waals surface area contributed by atoms with Crippen molar-refractivity contribution in [3.63, 3.8) is 0 Å². The van der Waals surface area contributed by atoms with E-state index in [1.807, 2.05) is 71.0 Å². The highest BCUT2D eigenvalue weighted by Gasteiger charge is 2.44. The van der Waals surface area contributed by atoms with E-state index in [1.54, 1.807) is 29.2 Å². The molecule has 33 heavy (non-hydrogen) atoms. The van der Waals surface area contributed by atoms with E-state index in [-0.39, 0.29) is 12.1 Å². The highest BCUT2D eigenvalue weighted by Crippen LogP contribution is 2.30. The quantitative estimate of drug-likeness (QED) is 0.543. The second kappa shape index (κ2) is 9.85. The van der Waals surface area contributed by atoms with Crippen molar-refractivity contribution in [2.45, 2.75) is 52.0 Å². The molecule has 0 saturated carbocycles. The zero-order valence-electron chi connectivity index (χ0n) is 19.5. The summed E-state index contributed by atoms with van der Waals surface area (Å²) >= 11 is 5.86. The lowest BCUT2D eigenvalue weighted by Crippen LogP contribution is -2.49. The third kappa shape index (κ3) is 6.97. The van der Waals surface area contributed by atoms with E-state index in [2.05, 4.69) is 10.6 Å². The van der Waals surface area contributed by atoms with Crippen LogP contribution in [0, 0.1) is 0 Å². The summed E-state index contributed by atoms with van der Waals surface area (Å²) in [6.07, 6.45) is 3.43. The Kier molecular flexibility index (Phi) is 7.34. The zero-order valence-corrected chi connectivity index (χ0v) is 20.3. The van der Waals surface area contributed by atoms with Crippen LogP contribution < -0.4 is 10.6 Å². The molecular weight excluding hydrogens is 442 g/mol. The lowest BCUT2D eigenvalue weighted by Gasteiger charge is -2.34. The molecule has 0 bridgehead atoms. The van der Waals surface area contributed by atoms with Crippen molar-refractivity contribution in [3.05, 3.63) is 65.2 Å². The number of halogens is 1. The third-order valence-corrected chi connectivity index (χ3v) is 5.14. The molecule has 8 heteroatoms. The molecule has 1 atom stereocenters. The third-order valence-electron chi connectivity index (χ3n) is 4.89. The van der Waals surface area contributed by atoms with Crippen LogP contribution in [0.5, 0.6) is 0 Å². The summed E-state index contributed by atoms with van der Waals surface area (Å²) < 4.78 is 11.4. The van der Waals surface area contributed by atoms with E-state index in [1.165, 1.54) is 0 Å². The molecule has 2 aromatic carbocycles. The molecule has 3 rings (SSSR count). The number of carbonyl (C=O) groups is 2. The Morgan fingerprint density at radius 3 is 2.15 bits per heavy atom. The molecule has 0 aliphatic carbocycles. The van der Waals surface area contributed by atoms with E-state index in [0.29, 0.717) is 23.0 Å². The van der Waals surface area contributed by atoms with Crippen molar-refractivity contribution in [2.75, 3.05) is 17.2 Å². The average molecular weight is 472 g/mol. The monoisotopic (exact) mass is 471 g/mol. The van der Waals surface area contributed by atoms with Gasteiger partial charge < -0.3 is 20.1 Å². The fourth-order valence-electron chi connectivity index (χ4n) is 3.37. The lowest BCUT2D eigenvalue weighted by molar-refractivity contribution is -0.0610. The Bertz CT molecular complexity index is 1010. The number of nitrogens with one attached hydrogen (secondary N) is 2. The Labute approximate surface area is 199 Å². The van der Waals surface area contributed by atoms with Crippen LogP contribution in [0.15, 0.2) is 54.6 Å². The smallest absolute Gasteiger partial charge is 0.413 e. The summed E-state index contributed by atoms with van der Waals surface area (Å²) in [5.41, 5.74) is 0.870. The summed E-state index contributed by atoms with van der Waals surface area (Å²) in [5, 5.41) is 6.14. The average Bonchev–Trinajstić information content (AvgIpc) is 3.02. The van der Waals surface area contributed by atoms with Gasteiger partial charge in [-0.15, -0.1) is 0 Å².